The predicted molar refractivity (Wildman–Crippen MR) is 77.6 cm³/mol. The van der Waals surface area contributed by atoms with E-state index in [2.05, 4.69) is 5.16 Å². The molecule has 0 aliphatic rings. The molecule has 1 aromatic heterocycles. The van der Waals surface area contributed by atoms with Crippen molar-refractivity contribution in [2.75, 3.05) is 13.6 Å². The first-order chi connectivity index (χ1) is 9.52. The second-order valence-corrected chi connectivity index (χ2v) is 5.02. The third-order valence-corrected chi connectivity index (χ3v) is 3.40. The Bertz CT molecular complexity index is 612. The Kier molecular flexibility index (Phi) is 4.42. The third kappa shape index (κ3) is 3.00. The molecule has 1 unspecified atom stereocenters. The van der Waals surface area contributed by atoms with Crippen LogP contribution in [0.3, 0.4) is 0 Å². The first-order valence-corrected chi connectivity index (χ1v) is 6.60. The van der Waals surface area contributed by atoms with Crippen molar-refractivity contribution in [2.45, 2.75) is 13.0 Å². The van der Waals surface area contributed by atoms with Crippen LogP contribution < -0.4 is 5.73 Å². The minimum atomic E-state index is -0.222. The fourth-order valence-electron chi connectivity index (χ4n) is 1.69. The molecule has 0 fully saturated rings. The average Bonchev–Trinajstić information content (AvgIpc) is 2.94. The fraction of sp³-hybridized carbons (Fsp3) is 0.286. The molecule has 20 heavy (non-hydrogen) atoms. The van der Waals surface area contributed by atoms with E-state index in [9.17, 15) is 4.79 Å². The van der Waals surface area contributed by atoms with Crippen molar-refractivity contribution < 1.29 is 9.32 Å². The maximum absolute atomic E-state index is 12.2. The third-order valence-electron chi connectivity index (χ3n) is 3.16. The van der Waals surface area contributed by atoms with E-state index >= 15 is 0 Å². The smallest absolute Gasteiger partial charge is 0.276 e. The Hall–Kier alpha value is -1.85. The summed E-state index contributed by atoms with van der Waals surface area (Å²) in [6, 6.07) is 8.71. The van der Waals surface area contributed by atoms with Crippen molar-refractivity contribution in [3.8, 4) is 11.3 Å². The van der Waals surface area contributed by atoms with Gasteiger partial charge < -0.3 is 15.2 Å². The highest BCUT2D eigenvalue weighted by atomic mass is 35.5. The molecule has 1 heterocycles. The fourth-order valence-corrected chi connectivity index (χ4v) is 1.88. The second-order valence-electron chi connectivity index (χ2n) is 4.59. The summed E-state index contributed by atoms with van der Waals surface area (Å²) in [5, 5.41) is 4.41. The van der Waals surface area contributed by atoms with Crippen LogP contribution in [-0.2, 0) is 0 Å². The monoisotopic (exact) mass is 293 g/mol. The minimum Gasteiger partial charge on any atom is -0.355 e. The van der Waals surface area contributed by atoms with Crippen LogP contribution in [0.1, 0.15) is 17.4 Å². The van der Waals surface area contributed by atoms with Gasteiger partial charge in [0.05, 0.1) is 0 Å². The van der Waals surface area contributed by atoms with Crippen molar-refractivity contribution in [3.05, 3.63) is 41.0 Å². The van der Waals surface area contributed by atoms with Crippen LogP contribution in [0.2, 0.25) is 5.02 Å². The van der Waals surface area contributed by atoms with Crippen molar-refractivity contribution in [1.82, 2.24) is 10.1 Å². The summed E-state index contributed by atoms with van der Waals surface area (Å²) in [5.74, 6) is 0.282. The van der Waals surface area contributed by atoms with Gasteiger partial charge in [-0.15, -0.1) is 0 Å². The van der Waals surface area contributed by atoms with Crippen molar-refractivity contribution in [2.24, 2.45) is 5.73 Å². The number of hydrogen-bond acceptors (Lipinski definition) is 4. The van der Waals surface area contributed by atoms with Gasteiger partial charge in [0.2, 0.25) is 0 Å². The molecule has 1 amide bonds. The highest BCUT2D eigenvalue weighted by Crippen LogP contribution is 2.23. The zero-order valence-corrected chi connectivity index (χ0v) is 12.1. The highest BCUT2D eigenvalue weighted by Gasteiger charge is 2.20. The number of nitrogens with two attached hydrogens (primary N) is 1. The molecule has 1 atom stereocenters. The van der Waals surface area contributed by atoms with Gasteiger partial charge in [0, 0.05) is 36.3 Å². The number of hydrogen-bond donors (Lipinski definition) is 1. The van der Waals surface area contributed by atoms with Gasteiger partial charge in [-0.25, -0.2) is 0 Å². The molecular weight excluding hydrogens is 278 g/mol. The molecular formula is C14H16ClN3O2. The lowest BCUT2D eigenvalue weighted by molar-refractivity contribution is 0.0738. The number of nitrogens with zero attached hydrogens (tertiary/aromatic N) is 2. The molecule has 0 spiro atoms. The summed E-state index contributed by atoms with van der Waals surface area (Å²) in [5.41, 5.74) is 6.58. The number of likely N-dealkylation sites (N-methyl/N-ethyl adjacent to an activating group) is 1. The Morgan fingerprint density at radius 1 is 1.50 bits per heavy atom. The van der Waals surface area contributed by atoms with E-state index in [4.69, 9.17) is 21.9 Å². The van der Waals surface area contributed by atoms with Gasteiger partial charge in [0.15, 0.2) is 11.5 Å². The molecule has 0 bridgehead atoms. The van der Waals surface area contributed by atoms with E-state index in [0.717, 1.165) is 5.56 Å². The zero-order valence-electron chi connectivity index (χ0n) is 11.3. The van der Waals surface area contributed by atoms with Gasteiger partial charge in [-0.2, -0.15) is 0 Å². The van der Waals surface area contributed by atoms with E-state index in [1.54, 1.807) is 30.1 Å². The molecule has 106 valence electrons. The number of benzene rings is 1. The number of amides is 1. The normalized spacial score (nSPS) is 12.2. The molecule has 0 saturated heterocycles. The van der Waals surface area contributed by atoms with E-state index in [1.807, 2.05) is 19.1 Å². The Balaban J connectivity index is 2.23. The maximum Gasteiger partial charge on any atom is 0.276 e. The van der Waals surface area contributed by atoms with Gasteiger partial charge >= 0.3 is 0 Å². The highest BCUT2D eigenvalue weighted by molar-refractivity contribution is 6.30. The molecule has 0 aliphatic heterocycles. The van der Waals surface area contributed by atoms with E-state index in [0.29, 0.717) is 17.3 Å². The number of carbonyl (C=O) groups excluding carboxylic acids is 1. The minimum absolute atomic E-state index is 0.0613. The van der Waals surface area contributed by atoms with Gasteiger partial charge in [-0.3, -0.25) is 4.79 Å². The van der Waals surface area contributed by atoms with Crippen LogP contribution in [0, 0.1) is 0 Å². The Labute approximate surface area is 122 Å². The van der Waals surface area contributed by atoms with E-state index in [-0.39, 0.29) is 17.6 Å². The van der Waals surface area contributed by atoms with E-state index in [1.165, 1.54) is 0 Å². The standard InChI is InChI=1S/C14H16ClN3O2/c1-9(8-16)18(2)14(19)12-7-13(20-17-12)10-4-3-5-11(15)6-10/h3-7,9H,8,16H2,1-2H3. The lowest BCUT2D eigenvalue weighted by Crippen LogP contribution is -2.39. The lowest BCUT2D eigenvalue weighted by Gasteiger charge is -2.22. The maximum atomic E-state index is 12.2. The summed E-state index contributed by atoms with van der Waals surface area (Å²) in [6.07, 6.45) is 0. The Morgan fingerprint density at radius 2 is 2.25 bits per heavy atom. The van der Waals surface area contributed by atoms with Crippen LogP contribution in [0.4, 0.5) is 0 Å². The molecule has 0 saturated carbocycles. The van der Waals surface area contributed by atoms with Gasteiger partial charge in [-0.1, -0.05) is 28.9 Å². The molecule has 0 aliphatic carbocycles. The summed E-state index contributed by atoms with van der Waals surface area (Å²) < 4.78 is 5.20. The number of halogens is 1. The summed E-state index contributed by atoms with van der Waals surface area (Å²) in [7, 11) is 1.69. The molecule has 5 nitrogen and oxygen atoms in total. The van der Waals surface area contributed by atoms with Crippen LogP contribution >= 0.6 is 11.6 Å². The van der Waals surface area contributed by atoms with Crippen LogP contribution in [-0.4, -0.2) is 35.6 Å². The van der Waals surface area contributed by atoms with Crippen molar-refractivity contribution in [3.63, 3.8) is 0 Å². The second kappa shape index (κ2) is 6.07. The molecule has 2 aromatic rings. The first kappa shape index (κ1) is 14.6. The quantitative estimate of drug-likeness (QED) is 0.939. The number of rotatable bonds is 4. The van der Waals surface area contributed by atoms with Gasteiger partial charge in [-0.05, 0) is 19.1 Å². The van der Waals surface area contributed by atoms with Crippen molar-refractivity contribution in [1.29, 1.82) is 0 Å². The number of aromatic nitrogens is 1. The van der Waals surface area contributed by atoms with E-state index < -0.39 is 0 Å². The van der Waals surface area contributed by atoms with Crippen molar-refractivity contribution >= 4 is 17.5 Å². The summed E-state index contributed by atoms with van der Waals surface area (Å²) in [4.78, 5) is 13.7. The largest absolute Gasteiger partial charge is 0.355 e. The Morgan fingerprint density at radius 3 is 2.90 bits per heavy atom. The predicted octanol–water partition coefficient (Wildman–Crippen LogP) is 2.41. The molecule has 0 radical (unpaired) electrons. The summed E-state index contributed by atoms with van der Waals surface area (Å²) >= 11 is 5.92. The lowest BCUT2D eigenvalue weighted by atomic mass is 10.1. The molecule has 2 N–H and O–H groups in total. The molecule has 6 heteroatoms. The SMILES string of the molecule is CC(CN)N(C)C(=O)c1cc(-c2cccc(Cl)c2)on1. The van der Waals surface area contributed by atoms with Crippen LogP contribution in [0.5, 0.6) is 0 Å². The summed E-state index contributed by atoms with van der Waals surface area (Å²) in [6.45, 7) is 2.26. The first-order valence-electron chi connectivity index (χ1n) is 6.22. The van der Waals surface area contributed by atoms with Gasteiger partial charge in [0.25, 0.3) is 5.91 Å². The molecule has 1 aromatic carbocycles. The molecule has 2 rings (SSSR count). The van der Waals surface area contributed by atoms with Gasteiger partial charge in [0.1, 0.15) is 0 Å². The number of carbonyl (C=O) groups is 1. The zero-order chi connectivity index (χ0) is 14.7. The van der Waals surface area contributed by atoms with Crippen LogP contribution in [0.25, 0.3) is 11.3 Å². The topological polar surface area (TPSA) is 72.4 Å². The van der Waals surface area contributed by atoms with Crippen LogP contribution in [0.15, 0.2) is 34.9 Å². The average molecular weight is 294 g/mol.